The van der Waals surface area contributed by atoms with Crippen LogP contribution in [0.15, 0.2) is 82.7 Å². The molecule has 3 aromatic rings. The first-order chi connectivity index (χ1) is 14.1. The second-order valence-electron chi connectivity index (χ2n) is 6.56. The maximum absolute atomic E-state index is 12.7. The molecule has 0 spiro atoms. The first-order valence-electron chi connectivity index (χ1n) is 9.16. The van der Waals surface area contributed by atoms with Gasteiger partial charge in [-0.1, -0.05) is 23.7 Å². The Morgan fingerprint density at radius 3 is 2.52 bits per heavy atom. The van der Waals surface area contributed by atoms with E-state index in [-0.39, 0.29) is 11.2 Å². The van der Waals surface area contributed by atoms with Crippen molar-refractivity contribution in [3.8, 4) is 5.75 Å². The van der Waals surface area contributed by atoms with E-state index in [0.29, 0.717) is 11.4 Å². The average molecular weight is 423 g/mol. The second-order valence-corrected chi connectivity index (χ2v) is 8.24. The molecule has 3 aromatic carbocycles. The highest BCUT2D eigenvalue weighted by molar-refractivity contribution is 8.01. The highest BCUT2D eigenvalue weighted by Gasteiger charge is 2.27. The fourth-order valence-corrected chi connectivity index (χ4v) is 4.48. The topological polar surface area (TPSA) is 50.7 Å². The molecular weight excluding hydrogens is 404 g/mol. The lowest BCUT2D eigenvalue weighted by atomic mass is 10.0. The van der Waals surface area contributed by atoms with Crippen molar-refractivity contribution < 1.29 is 9.53 Å². The molecule has 0 unspecified atom stereocenters. The number of aliphatic imine (C=N–C) groups is 1. The molecule has 0 aromatic heterocycles. The van der Waals surface area contributed by atoms with Gasteiger partial charge in [0.2, 0.25) is 5.91 Å². The summed E-state index contributed by atoms with van der Waals surface area (Å²) in [7, 11) is 1.64. The lowest BCUT2D eigenvalue weighted by Gasteiger charge is -2.24. The number of thioether (sulfide) groups is 1. The Morgan fingerprint density at radius 1 is 1.07 bits per heavy atom. The number of carbonyl (C=O) groups excluding carboxylic acids is 1. The molecule has 146 valence electrons. The van der Waals surface area contributed by atoms with Gasteiger partial charge in [0.1, 0.15) is 5.75 Å². The van der Waals surface area contributed by atoms with Gasteiger partial charge in [-0.15, -0.1) is 11.8 Å². The Hall–Kier alpha value is -2.76. The van der Waals surface area contributed by atoms with Crippen molar-refractivity contribution in [1.29, 1.82) is 0 Å². The minimum atomic E-state index is -0.0920. The first kappa shape index (κ1) is 19.6. The summed E-state index contributed by atoms with van der Waals surface area (Å²) in [5.41, 5.74) is 3.53. The van der Waals surface area contributed by atoms with Crippen molar-refractivity contribution in [2.75, 3.05) is 12.4 Å². The Balaban J connectivity index is 1.59. The molecule has 1 heterocycles. The predicted octanol–water partition coefficient (Wildman–Crippen LogP) is 5.97. The van der Waals surface area contributed by atoms with E-state index in [1.54, 1.807) is 43.1 Å². The van der Waals surface area contributed by atoms with Crippen LogP contribution in [0, 0.1) is 0 Å². The number of methoxy groups -OCH3 is 1. The van der Waals surface area contributed by atoms with Crippen LogP contribution in [0.2, 0.25) is 5.02 Å². The third-order valence-corrected chi connectivity index (χ3v) is 6.09. The van der Waals surface area contributed by atoms with Crippen molar-refractivity contribution in [3.05, 3.63) is 83.4 Å². The van der Waals surface area contributed by atoms with E-state index >= 15 is 0 Å². The molecule has 29 heavy (non-hydrogen) atoms. The number of carbonyl (C=O) groups is 1. The Labute approximate surface area is 179 Å². The minimum Gasteiger partial charge on any atom is -0.497 e. The largest absolute Gasteiger partial charge is 0.497 e. The maximum atomic E-state index is 12.7. The summed E-state index contributed by atoms with van der Waals surface area (Å²) in [4.78, 5) is 18.7. The molecule has 0 bridgehead atoms. The highest BCUT2D eigenvalue weighted by atomic mass is 35.5. The Kier molecular flexibility index (Phi) is 5.88. The molecule has 6 heteroatoms. The molecule has 1 amide bonds. The number of ether oxygens (including phenoxy) is 1. The molecule has 0 saturated carbocycles. The van der Waals surface area contributed by atoms with Crippen LogP contribution >= 0.6 is 23.4 Å². The zero-order valence-corrected chi connectivity index (χ0v) is 17.3. The van der Waals surface area contributed by atoms with Gasteiger partial charge in [-0.3, -0.25) is 9.79 Å². The summed E-state index contributed by atoms with van der Waals surface area (Å²) >= 11 is 7.59. The van der Waals surface area contributed by atoms with Crippen LogP contribution in [0.3, 0.4) is 0 Å². The molecule has 0 aliphatic carbocycles. The number of halogens is 1. The van der Waals surface area contributed by atoms with Crippen LogP contribution in [0.4, 0.5) is 11.4 Å². The van der Waals surface area contributed by atoms with Gasteiger partial charge in [-0.25, -0.2) is 0 Å². The van der Waals surface area contributed by atoms with Gasteiger partial charge in [0.05, 0.1) is 23.8 Å². The summed E-state index contributed by atoms with van der Waals surface area (Å²) in [6.07, 6.45) is 0.312. The van der Waals surface area contributed by atoms with Gasteiger partial charge in [0.15, 0.2) is 0 Å². The molecule has 1 atom stereocenters. The standard InChI is InChI=1S/C23H19ClN2O2S/c1-28-18-12-6-15(7-13-18)23-21(29-20-5-3-2-4-19(20)26-23)14-22(27)25-17-10-8-16(24)9-11-17/h2-13,21H,14H2,1H3,(H,25,27)/t21-/m1/s1. The van der Waals surface area contributed by atoms with Crippen molar-refractivity contribution in [3.63, 3.8) is 0 Å². The number of anilines is 1. The number of hydrogen-bond acceptors (Lipinski definition) is 4. The summed E-state index contributed by atoms with van der Waals surface area (Å²) in [5.74, 6) is 0.723. The number of rotatable bonds is 5. The molecule has 1 aliphatic heterocycles. The second kappa shape index (κ2) is 8.72. The number of benzene rings is 3. The quantitative estimate of drug-likeness (QED) is 0.550. The predicted molar refractivity (Wildman–Crippen MR) is 120 cm³/mol. The van der Waals surface area contributed by atoms with E-state index in [1.807, 2.05) is 48.5 Å². The van der Waals surface area contributed by atoms with E-state index in [0.717, 1.165) is 33.3 Å². The summed E-state index contributed by atoms with van der Waals surface area (Å²) in [6, 6.07) is 22.9. The van der Waals surface area contributed by atoms with E-state index < -0.39 is 0 Å². The van der Waals surface area contributed by atoms with Crippen molar-refractivity contribution in [2.24, 2.45) is 4.99 Å². The molecule has 4 nitrogen and oxygen atoms in total. The van der Waals surface area contributed by atoms with Crippen molar-refractivity contribution >= 4 is 46.4 Å². The normalized spacial score (nSPS) is 15.2. The van der Waals surface area contributed by atoms with Crippen molar-refractivity contribution in [2.45, 2.75) is 16.6 Å². The summed E-state index contributed by atoms with van der Waals surface area (Å²) in [5, 5.41) is 3.49. The molecule has 1 N–H and O–H groups in total. The number of nitrogens with one attached hydrogen (secondary N) is 1. The number of hydrogen-bond donors (Lipinski definition) is 1. The minimum absolute atomic E-state index is 0.0644. The third kappa shape index (κ3) is 4.63. The van der Waals surface area contributed by atoms with Crippen LogP contribution in [0.25, 0.3) is 0 Å². The summed E-state index contributed by atoms with van der Waals surface area (Å²) < 4.78 is 5.26. The Bertz CT molecular complexity index is 1050. The van der Waals surface area contributed by atoms with Gasteiger partial charge < -0.3 is 10.1 Å². The van der Waals surface area contributed by atoms with Gasteiger partial charge in [-0.2, -0.15) is 0 Å². The lowest BCUT2D eigenvalue weighted by Crippen LogP contribution is -2.27. The fourth-order valence-electron chi connectivity index (χ4n) is 3.12. The maximum Gasteiger partial charge on any atom is 0.225 e. The van der Waals surface area contributed by atoms with Crippen LogP contribution in [0.1, 0.15) is 12.0 Å². The van der Waals surface area contributed by atoms with Crippen LogP contribution in [0.5, 0.6) is 5.75 Å². The lowest BCUT2D eigenvalue weighted by molar-refractivity contribution is -0.116. The fraction of sp³-hybridized carbons (Fsp3) is 0.130. The van der Waals surface area contributed by atoms with E-state index in [1.165, 1.54) is 0 Å². The first-order valence-corrected chi connectivity index (χ1v) is 10.4. The van der Waals surface area contributed by atoms with Gasteiger partial charge >= 0.3 is 0 Å². The van der Waals surface area contributed by atoms with Gasteiger partial charge in [0, 0.05) is 22.0 Å². The smallest absolute Gasteiger partial charge is 0.225 e. The average Bonchev–Trinajstić information content (AvgIpc) is 2.75. The van der Waals surface area contributed by atoms with Crippen molar-refractivity contribution in [1.82, 2.24) is 0 Å². The third-order valence-electron chi connectivity index (χ3n) is 4.56. The van der Waals surface area contributed by atoms with Gasteiger partial charge in [-0.05, 0) is 66.2 Å². The SMILES string of the molecule is COc1ccc(C2=Nc3ccccc3S[C@@H]2CC(=O)Nc2ccc(Cl)cc2)cc1. The number of fused-ring (bicyclic) bond motifs is 1. The Morgan fingerprint density at radius 2 is 1.79 bits per heavy atom. The highest BCUT2D eigenvalue weighted by Crippen LogP contribution is 2.40. The molecule has 0 radical (unpaired) electrons. The van der Waals surface area contributed by atoms with E-state index in [2.05, 4.69) is 5.32 Å². The van der Waals surface area contributed by atoms with E-state index in [9.17, 15) is 4.79 Å². The molecule has 0 fully saturated rings. The molecular formula is C23H19ClN2O2S. The zero-order valence-electron chi connectivity index (χ0n) is 15.8. The van der Waals surface area contributed by atoms with Crippen LogP contribution < -0.4 is 10.1 Å². The number of para-hydroxylation sites is 1. The number of amides is 1. The van der Waals surface area contributed by atoms with Gasteiger partial charge in [0.25, 0.3) is 0 Å². The molecule has 4 rings (SSSR count). The molecule has 0 saturated heterocycles. The number of nitrogens with zero attached hydrogens (tertiary/aromatic N) is 1. The molecule has 1 aliphatic rings. The van der Waals surface area contributed by atoms with E-state index in [4.69, 9.17) is 21.3 Å². The van der Waals surface area contributed by atoms with Crippen LogP contribution in [-0.4, -0.2) is 24.0 Å². The zero-order chi connectivity index (χ0) is 20.2. The summed E-state index contributed by atoms with van der Waals surface area (Å²) in [6.45, 7) is 0. The van der Waals surface area contributed by atoms with Crippen LogP contribution in [-0.2, 0) is 4.79 Å². The monoisotopic (exact) mass is 422 g/mol.